The van der Waals surface area contributed by atoms with Crippen molar-refractivity contribution in [2.45, 2.75) is 64.3 Å². The van der Waals surface area contributed by atoms with E-state index in [1.807, 2.05) is 41.6 Å². The number of aromatic amines is 1. The first-order chi connectivity index (χ1) is 22.5. The predicted octanol–water partition coefficient (Wildman–Crippen LogP) is 5.36. The molecule has 1 saturated carbocycles. The Morgan fingerprint density at radius 1 is 1.13 bits per heavy atom. The van der Waals surface area contributed by atoms with Gasteiger partial charge in [-0.1, -0.05) is 50.2 Å². The number of hydrogen-bond donors (Lipinski definition) is 3. The number of nitrogen functional groups attached to an aromatic ring is 1. The van der Waals surface area contributed by atoms with E-state index in [4.69, 9.17) is 20.4 Å². The van der Waals surface area contributed by atoms with Crippen molar-refractivity contribution in [2.75, 3.05) is 37.9 Å². The maximum Gasteiger partial charge on any atom is 0.291 e. The van der Waals surface area contributed by atoms with Gasteiger partial charge in [0.05, 0.1) is 24.2 Å². The Labute approximate surface area is 268 Å². The molecule has 4 aromatic heterocycles. The number of anilines is 2. The zero-order valence-electron chi connectivity index (χ0n) is 26.7. The summed E-state index contributed by atoms with van der Waals surface area (Å²) < 4.78 is 6.85. The van der Waals surface area contributed by atoms with Crippen molar-refractivity contribution in [3.05, 3.63) is 71.9 Å². The Balaban J connectivity index is 1.25. The number of nitrogens with zero attached hydrogens (tertiary/aromatic N) is 7. The zero-order valence-corrected chi connectivity index (χ0v) is 26.7. The maximum absolute atomic E-state index is 13.7. The summed E-state index contributed by atoms with van der Waals surface area (Å²) in [4.78, 5) is 28.6. The van der Waals surface area contributed by atoms with Gasteiger partial charge < -0.3 is 25.7 Å². The largest absolute Gasteiger partial charge is 0.383 e. The summed E-state index contributed by atoms with van der Waals surface area (Å²) in [5.41, 5.74) is 13.4. The molecule has 12 nitrogen and oxygen atoms in total. The number of hydrogen-bond acceptors (Lipinski definition) is 9. The van der Waals surface area contributed by atoms with Gasteiger partial charge in [-0.2, -0.15) is 9.61 Å². The van der Waals surface area contributed by atoms with Gasteiger partial charge in [0.1, 0.15) is 5.82 Å². The number of nitrogens with two attached hydrogens (primary N) is 1. The maximum atomic E-state index is 13.7. The van der Waals surface area contributed by atoms with Crippen LogP contribution in [0.3, 0.4) is 0 Å². The number of nitrogens with one attached hydrogen (secondary N) is 2. The lowest BCUT2D eigenvalue weighted by Crippen LogP contribution is -2.41. The highest BCUT2D eigenvalue weighted by Crippen LogP contribution is 2.45. The van der Waals surface area contributed by atoms with Gasteiger partial charge >= 0.3 is 0 Å². The summed E-state index contributed by atoms with van der Waals surface area (Å²) in [6.45, 7) is 5.90. The summed E-state index contributed by atoms with van der Waals surface area (Å²) in [6.07, 6.45) is 8.94. The van der Waals surface area contributed by atoms with Crippen LogP contribution in [-0.4, -0.2) is 78.4 Å². The van der Waals surface area contributed by atoms with Crippen molar-refractivity contribution in [1.82, 2.24) is 39.7 Å². The van der Waals surface area contributed by atoms with E-state index < -0.39 is 0 Å². The summed E-state index contributed by atoms with van der Waals surface area (Å²) in [6, 6.07) is 14.2. The minimum atomic E-state index is -0.157. The van der Waals surface area contributed by atoms with Gasteiger partial charge in [0.15, 0.2) is 5.65 Å². The normalized spacial score (nSPS) is 13.6. The van der Waals surface area contributed by atoms with Crippen LogP contribution in [0.2, 0.25) is 0 Å². The van der Waals surface area contributed by atoms with Crippen LogP contribution >= 0.6 is 0 Å². The van der Waals surface area contributed by atoms with E-state index in [2.05, 4.69) is 57.6 Å². The minimum Gasteiger partial charge on any atom is -0.383 e. The van der Waals surface area contributed by atoms with Crippen LogP contribution in [0.1, 0.15) is 73.7 Å². The molecule has 0 unspecified atom stereocenters. The molecular weight excluding hydrogens is 580 g/mol. The third-order valence-corrected chi connectivity index (χ3v) is 8.57. The molecule has 1 aliphatic rings. The first kappa shape index (κ1) is 31.2. The van der Waals surface area contributed by atoms with Gasteiger partial charge in [0, 0.05) is 54.7 Å². The molecule has 0 aliphatic heterocycles. The average Bonchev–Trinajstić information content (AvgIpc) is 3.64. The molecular formula is C34H42N10O2. The van der Waals surface area contributed by atoms with Crippen LogP contribution < -0.4 is 11.1 Å². The molecule has 0 radical (unpaired) electrons. The molecule has 4 heterocycles. The summed E-state index contributed by atoms with van der Waals surface area (Å²) in [5.74, 6) is 1.56. The Bertz CT molecular complexity index is 1760. The molecule has 1 aliphatic carbocycles. The van der Waals surface area contributed by atoms with Gasteiger partial charge in [-0.15, -0.1) is 10.2 Å². The van der Waals surface area contributed by atoms with Gasteiger partial charge in [-0.25, -0.2) is 4.98 Å². The van der Waals surface area contributed by atoms with Crippen molar-refractivity contribution in [3.8, 4) is 22.4 Å². The van der Waals surface area contributed by atoms with E-state index in [1.54, 1.807) is 11.6 Å². The minimum absolute atomic E-state index is 0.00660. The number of rotatable bonds is 15. The van der Waals surface area contributed by atoms with Gasteiger partial charge in [-0.3, -0.25) is 9.78 Å². The second kappa shape index (κ2) is 14.1. The fraction of sp³-hybridized carbons (Fsp3) is 0.412. The lowest BCUT2D eigenvalue weighted by atomic mass is 10.00. The number of H-pyrrole nitrogens is 1. The van der Waals surface area contributed by atoms with Gasteiger partial charge in [0.2, 0.25) is 11.8 Å². The van der Waals surface area contributed by atoms with Crippen LogP contribution in [0.4, 0.5) is 11.8 Å². The highest BCUT2D eigenvalue weighted by atomic mass is 16.5. The fourth-order valence-electron chi connectivity index (χ4n) is 6.04. The number of aryl methyl sites for hydroxylation is 1. The number of aromatic nitrogens is 7. The SMILES string of the molecule is CCCN(C(=O)c1nnc(NCCOC)[nH]1)[C@H](CC)CCc1nc2c(-c3ccc(-c4ccccc4)nc3)cnn2c(N)c1C1CC1. The second-order valence-corrected chi connectivity index (χ2v) is 11.8. The van der Waals surface area contributed by atoms with Crippen LogP contribution in [0.15, 0.2) is 54.9 Å². The molecule has 1 atom stereocenters. The smallest absolute Gasteiger partial charge is 0.291 e. The molecule has 1 amide bonds. The van der Waals surface area contributed by atoms with Gasteiger partial charge in [-0.05, 0) is 50.5 Å². The van der Waals surface area contributed by atoms with Crippen molar-refractivity contribution in [3.63, 3.8) is 0 Å². The average molecular weight is 623 g/mol. The molecule has 6 rings (SSSR count). The van der Waals surface area contributed by atoms with Crippen molar-refractivity contribution in [2.24, 2.45) is 0 Å². The summed E-state index contributed by atoms with van der Waals surface area (Å²) in [5, 5.41) is 16.0. The molecule has 0 bridgehead atoms. The molecule has 5 aromatic rings. The standard InChI is InChI=1S/C34H42N10O2/c1-4-18-43(33(45)31-40-34(42-41-31)36-17-19-46-3)25(5-2)14-16-28-29(23-11-12-23)30(35)44-32(39-28)26(21-38-44)24-13-15-27(37-20-24)22-9-7-6-8-10-22/h6-10,13,15,20-21,23,25H,4-5,11-12,14,16-19,35H2,1-3H3,(H2,36,40,41,42)/t25-/m1/s1. The Morgan fingerprint density at radius 2 is 1.96 bits per heavy atom. The number of ether oxygens (including phenoxy) is 1. The van der Waals surface area contributed by atoms with Crippen molar-refractivity contribution >= 4 is 23.3 Å². The van der Waals surface area contributed by atoms with Crippen molar-refractivity contribution in [1.29, 1.82) is 0 Å². The lowest BCUT2D eigenvalue weighted by molar-refractivity contribution is 0.0650. The number of benzene rings is 1. The lowest BCUT2D eigenvalue weighted by Gasteiger charge is -2.30. The third kappa shape index (κ3) is 6.57. The van der Waals surface area contributed by atoms with E-state index in [9.17, 15) is 4.79 Å². The third-order valence-electron chi connectivity index (χ3n) is 8.57. The number of fused-ring (bicyclic) bond motifs is 1. The molecule has 240 valence electrons. The molecule has 12 heteroatoms. The van der Waals surface area contributed by atoms with E-state index >= 15 is 0 Å². The number of methoxy groups -OCH3 is 1. The Kier molecular flexibility index (Phi) is 9.53. The zero-order chi connectivity index (χ0) is 32.0. The highest BCUT2D eigenvalue weighted by Gasteiger charge is 2.32. The molecule has 0 spiro atoms. The molecule has 1 aromatic carbocycles. The topological polar surface area (TPSA) is 152 Å². The first-order valence-corrected chi connectivity index (χ1v) is 16.2. The quantitative estimate of drug-likeness (QED) is 0.131. The van der Waals surface area contributed by atoms with Crippen LogP contribution in [0, 0.1) is 0 Å². The van der Waals surface area contributed by atoms with Gasteiger partial charge in [0.25, 0.3) is 5.91 Å². The molecule has 0 saturated heterocycles. The molecule has 4 N–H and O–H groups in total. The fourth-order valence-corrected chi connectivity index (χ4v) is 6.04. The second-order valence-electron chi connectivity index (χ2n) is 11.8. The monoisotopic (exact) mass is 622 g/mol. The van der Waals surface area contributed by atoms with Crippen LogP contribution in [-0.2, 0) is 11.2 Å². The molecule has 46 heavy (non-hydrogen) atoms. The van der Waals surface area contributed by atoms with Crippen LogP contribution in [0.25, 0.3) is 28.0 Å². The Morgan fingerprint density at radius 3 is 2.65 bits per heavy atom. The highest BCUT2D eigenvalue weighted by molar-refractivity contribution is 5.91. The number of amides is 1. The first-order valence-electron chi connectivity index (χ1n) is 16.2. The number of pyridine rings is 1. The number of carbonyl (C=O) groups excluding carboxylic acids is 1. The summed E-state index contributed by atoms with van der Waals surface area (Å²) in [7, 11) is 1.64. The van der Waals surface area contributed by atoms with Crippen molar-refractivity contribution < 1.29 is 9.53 Å². The summed E-state index contributed by atoms with van der Waals surface area (Å²) >= 11 is 0. The van der Waals surface area contributed by atoms with E-state index in [0.29, 0.717) is 43.8 Å². The predicted molar refractivity (Wildman–Crippen MR) is 179 cm³/mol. The van der Waals surface area contributed by atoms with E-state index in [0.717, 1.165) is 71.4 Å². The molecule has 1 fully saturated rings. The van der Waals surface area contributed by atoms with Crippen LogP contribution in [0.5, 0.6) is 0 Å². The van der Waals surface area contributed by atoms with E-state index in [1.165, 1.54) is 0 Å². The van der Waals surface area contributed by atoms with E-state index in [-0.39, 0.29) is 17.8 Å². The Hall–Kier alpha value is -4.84. The number of carbonyl (C=O) groups is 1.